The van der Waals surface area contributed by atoms with Gasteiger partial charge in [-0.15, -0.1) is 0 Å². The number of likely N-dealkylation sites (N-methyl/N-ethyl adjacent to an activating group) is 1. The van der Waals surface area contributed by atoms with Crippen LogP contribution in [-0.2, 0) is 9.84 Å². The van der Waals surface area contributed by atoms with Gasteiger partial charge < -0.3 is 15.5 Å². The first kappa shape index (κ1) is 17.6. The third-order valence-corrected chi connectivity index (χ3v) is 5.27. The van der Waals surface area contributed by atoms with Crippen LogP contribution >= 0.6 is 0 Å². The molecule has 1 amide bonds. The Morgan fingerprint density at radius 1 is 1.39 bits per heavy atom. The summed E-state index contributed by atoms with van der Waals surface area (Å²) in [4.78, 5) is 22.5. The highest BCUT2D eigenvalue weighted by Crippen LogP contribution is 2.16. The van der Waals surface area contributed by atoms with Crippen molar-refractivity contribution >= 4 is 21.6 Å². The topological polar surface area (TPSA) is 104 Å². The first-order chi connectivity index (χ1) is 10.7. The molecule has 1 atom stereocenters. The van der Waals surface area contributed by atoms with Crippen molar-refractivity contribution in [2.45, 2.75) is 19.4 Å². The maximum absolute atomic E-state index is 12.1. The molecule has 0 bridgehead atoms. The smallest absolute Gasteiger partial charge is 0.270 e. The van der Waals surface area contributed by atoms with Crippen molar-refractivity contribution in [2.24, 2.45) is 0 Å². The van der Waals surface area contributed by atoms with E-state index in [2.05, 4.69) is 20.6 Å². The summed E-state index contributed by atoms with van der Waals surface area (Å²) in [5, 5.41) is 5.89. The van der Waals surface area contributed by atoms with Crippen LogP contribution in [0.15, 0.2) is 6.07 Å². The van der Waals surface area contributed by atoms with Gasteiger partial charge in [0.25, 0.3) is 5.91 Å². The number of sulfone groups is 1. The van der Waals surface area contributed by atoms with Gasteiger partial charge in [-0.2, -0.15) is 0 Å². The van der Waals surface area contributed by atoms with Crippen molar-refractivity contribution in [3.63, 3.8) is 0 Å². The summed E-state index contributed by atoms with van der Waals surface area (Å²) >= 11 is 0. The van der Waals surface area contributed by atoms with Gasteiger partial charge >= 0.3 is 0 Å². The average Bonchev–Trinajstić information content (AvgIpc) is 2.76. The van der Waals surface area contributed by atoms with E-state index in [0.29, 0.717) is 24.6 Å². The summed E-state index contributed by atoms with van der Waals surface area (Å²) < 4.78 is 23.0. The Morgan fingerprint density at radius 2 is 2.13 bits per heavy atom. The highest BCUT2D eigenvalue weighted by molar-refractivity contribution is 7.91. The SMILES string of the molecule is Cc1nc(NC2CCS(=O)(=O)C2)cc(C(=O)NCCN(C)C)n1. The second-order valence-electron chi connectivity index (χ2n) is 5.99. The lowest BCUT2D eigenvalue weighted by atomic mass is 10.2. The zero-order chi connectivity index (χ0) is 17.0. The molecular formula is C14H23N5O3S. The van der Waals surface area contributed by atoms with Crippen LogP contribution in [-0.4, -0.2) is 73.9 Å². The Labute approximate surface area is 136 Å². The van der Waals surface area contributed by atoms with E-state index in [9.17, 15) is 13.2 Å². The van der Waals surface area contributed by atoms with Crippen LogP contribution in [0.25, 0.3) is 0 Å². The molecule has 128 valence electrons. The predicted octanol–water partition coefficient (Wildman–Crippen LogP) is -0.325. The number of carbonyl (C=O) groups excluding carboxylic acids is 1. The fourth-order valence-electron chi connectivity index (χ4n) is 2.36. The fourth-order valence-corrected chi connectivity index (χ4v) is 4.03. The first-order valence-corrected chi connectivity index (χ1v) is 9.33. The molecule has 1 aliphatic rings. The maximum Gasteiger partial charge on any atom is 0.270 e. The molecule has 1 aromatic heterocycles. The number of aromatic nitrogens is 2. The zero-order valence-electron chi connectivity index (χ0n) is 13.7. The molecule has 1 aromatic rings. The van der Waals surface area contributed by atoms with Gasteiger partial charge in [-0.05, 0) is 27.4 Å². The van der Waals surface area contributed by atoms with E-state index < -0.39 is 9.84 Å². The summed E-state index contributed by atoms with van der Waals surface area (Å²) in [5.41, 5.74) is 0.277. The Bertz CT molecular complexity index is 675. The number of rotatable bonds is 6. The Hall–Kier alpha value is -1.74. The molecule has 1 fully saturated rings. The number of hydrogen-bond acceptors (Lipinski definition) is 7. The van der Waals surface area contributed by atoms with E-state index >= 15 is 0 Å². The van der Waals surface area contributed by atoms with Crippen LogP contribution in [0.2, 0.25) is 0 Å². The third kappa shape index (κ3) is 5.43. The van der Waals surface area contributed by atoms with Crippen LogP contribution in [0.3, 0.4) is 0 Å². The van der Waals surface area contributed by atoms with E-state index in [4.69, 9.17) is 0 Å². The van der Waals surface area contributed by atoms with Gasteiger partial charge in [0.05, 0.1) is 11.5 Å². The van der Waals surface area contributed by atoms with E-state index in [1.165, 1.54) is 0 Å². The number of nitrogens with one attached hydrogen (secondary N) is 2. The number of hydrogen-bond donors (Lipinski definition) is 2. The maximum atomic E-state index is 12.1. The summed E-state index contributed by atoms with van der Waals surface area (Å²) in [6.45, 7) is 2.96. The van der Waals surface area contributed by atoms with E-state index in [-0.39, 0.29) is 29.1 Å². The molecule has 8 nitrogen and oxygen atoms in total. The minimum absolute atomic E-state index is 0.0976. The van der Waals surface area contributed by atoms with Crippen molar-refractivity contribution in [2.75, 3.05) is 44.0 Å². The monoisotopic (exact) mass is 341 g/mol. The normalized spacial score (nSPS) is 19.7. The van der Waals surface area contributed by atoms with E-state index in [0.717, 1.165) is 6.54 Å². The number of nitrogens with zero attached hydrogens (tertiary/aromatic N) is 3. The first-order valence-electron chi connectivity index (χ1n) is 7.51. The molecule has 1 unspecified atom stereocenters. The second-order valence-corrected chi connectivity index (χ2v) is 8.22. The van der Waals surface area contributed by atoms with Gasteiger partial charge in [-0.3, -0.25) is 4.79 Å². The average molecular weight is 341 g/mol. The van der Waals surface area contributed by atoms with Gasteiger partial charge in [0.1, 0.15) is 17.3 Å². The van der Waals surface area contributed by atoms with E-state index in [1.807, 2.05) is 19.0 Å². The standard InChI is InChI=1S/C14H23N5O3S/c1-10-16-12(14(20)15-5-6-19(2)3)8-13(17-10)18-11-4-7-23(21,22)9-11/h8,11H,4-7,9H2,1-3H3,(H,15,20)(H,16,17,18). The molecule has 2 rings (SSSR count). The number of aryl methyl sites for hydroxylation is 1. The second kappa shape index (κ2) is 7.22. The van der Waals surface area contributed by atoms with Crippen LogP contribution < -0.4 is 10.6 Å². The van der Waals surface area contributed by atoms with Crippen molar-refractivity contribution in [1.29, 1.82) is 0 Å². The molecule has 9 heteroatoms. The van der Waals surface area contributed by atoms with Gasteiger partial charge in [-0.25, -0.2) is 18.4 Å². The van der Waals surface area contributed by atoms with Crippen LogP contribution in [0, 0.1) is 6.92 Å². The lowest BCUT2D eigenvalue weighted by molar-refractivity contribution is 0.0945. The Kier molecular flexibility index (Phi) is 5.53. The summed E-state index contributed by atoms with van der Waals surface area (Å²) in [7, 11) is 0.896. The van der Waals surface area contributed by atoms with Crippen LogP contribution in [0.1, 0.15) is 22.7 Å². The van der Waals surface area contributed by atoms with Gasteiger partial charge in [0.15, 0.2) is 9.84 Å². The van der Waals surface area contributed by atoms with Crippen molar-refractivity contribution in [1.82, 2.24) is 20.2 Å². The molecule has 0 spiro atoms. The Morgan fingerprint density at radius 3 is 2.74 bits per heavy atom. The molecule has 0 radical (unpaired) electrons. The molecular weight excluding hydrogens is 318 g/mol. The summed E-state index contributed by atoms with van der Waals surface area (Å²) in [6, 6.07) is 1.39. The van der Waals surface area contributed by atoms with Crippen molar-refractivity contribution < 1.29 is 13.2 Å². The van der Waals surface area contributed by atoms with Gasteiger partial charge in [-0.1, -0.05) is 0 Å². The van der Waals surface area contributed by atoms with E-state index in [1.54, 1.807) is 13.0 Å². The zero-order valence-corrected chi connectivity index (χ0v) is 14.5. The number of carbonyl (C=O) groups is 1. The molecule has 1 saturated heterocycles. The van der Waals surface area contributed by atoms with Gasteiger partial charge in [0.2, 0.25) is 0 Å². The Balaban J connectivity index is 2.02. The van der Waals surface area contributed by atoms with Crippen LogP contribution in [0.5, 0.6) is 0 Å². The molecule has 0 saturated carbocycles. The van der Waals surface area contributed by atoms with Gasteiger partial charge in [0, 0.05) is 25.2 Å². The molecule has 2 heterocycles. The largest absolute Gasteiger partial charge is 0.366 e. The van der Waals surface area contributed by atoms with Crippen molar-refractivity contribution in [3.8, 4) is 0 Å². The lowest BCUT2D eigenvalue weighted by Crippen LogP contribution is -2.32. The minimum atomic E-state index is -2.96. The predicted molar refractivity (Wildman–Crippen MR) is 88.3 cm³/mol. The number of amides is 1. The minimum Gasteiger partial charge on any atom is -0.366 e. The summed E-state index contributed by atoms with van der Waals surface area (Å²) in [6.07, 6.45) is 0.551. The third-order valence-electron chi connectivity index (χ3n) is 3.50. The summed E-state index contributed by atoms with van der Waals surface area (Å²) in [5.74, 6) is 0.970. The quantitative estimate of drug-likeness (QED) is 0.730. The highest BCUT2D eigenvalue weighted by atomic mass is 32.2. The molecule has 23 heavy (non-hydrogen) atoms. The molecule has 2 N–H and O–H groups in total. The number of anilines is 1. The molecule has 0 aromatic carbocycles. The molecule has 0 aliphatic carbocycles. The fraction of sp³-hybridized carbons (Fsp3) is 0.643. The molecule has 1 aliphatic heterocycles. The highest BCUT2D eigenvalue weighted by Gasteiger charge is 2.28. The lowest BCUT2D eigenvalue weighted by Gasteiger charge is -2.13. The van der Waals surface area contributed by atoms with Crippen LogP contribution in [0.4, 0.5) is 5.82 Å². The van der Waals surface area contributed by atoms with Crippen molar-refractivity contribution in [3.05, 3.63) is 17.6 Å².